The van der Waals surface area contributed by atoms with E-state index >= 15 is 0 Å². The average molecular weight is 591 g/mol. The first-order valence-corrected chi connectivity index (χ1v) is 14.8. The van der Waals surface area contributed by atoms with E-state index in [0.717, 1.165) is 27.9 Å². The van der Waals surface area contributed by atoms with E-state index in [2.05, 4.69) is 33.1 Å². The number of hydrogen-bond donors (Lipinski definition) is 4. The maximum absolute atomic E-state index is 11.8. The summed E-state index contributed by atoms with van der Waals surface area (Å²) in [5.74, 6) is 0.729. The van der Waals surface area contributed by atoms with Gasteiger partial charge in [0.2, 0.25) is 5.16 Å². The molecule has 1 fully saturated rings. The Hall–Kier alpha value is -3.97. The van der Waals surface area contributed by atoms with Crippen molar-refractivity contribution in [3.63, 3.8) is 0 Å². The van der Waals surface area contributed by atoms with E-state index in [4.69, 9.17) is 9.47 Å². The van der Waals surface area contributed by atoms with Crippen LogP contribution in [0.2, 0.25) is 0 Å². The van der Waals surface area contributed by atoms with Crippen molar-refractivity contribution in [1.29, 1.82) is 0 Å². The van der Waals surface area contributed by atoms with Crippen molar-refractivity contribution in [3.05, 3.63) is 95.1 Å². The van der Waals surface area contributed by atoms with E-state index in [1.165, 1.54) is 11.8 Å². The van der Waals surface area contributed by atoms with Gasteiger partial charge in [-0.15, -0.1) is 5.10 Å². The van der Waals surface area contributed by atoms with Crippen LogP contribution in [0.25, 0.3) is 5.69 Å². The number of nitrogens with one attached hydrogen (secondary N) is 2. The second kappa shape index (κ2) is 13.8. The second-order valence-corrected chi connectivity index (χ2v) is 11.0. The molecule has 0 spiro atoms. The Morgan fingerprint density at radius 1 is 0.952 bits per heavy atom. The Kier molecular flexibility index (Phi) is 9.70. The van der Waals surface area contributed by atoms with Gasteiger partial charge in [-0.2, -0.15) is 4.68 Å². The molecule has 5 rings (SSSR count). The molecule has 4 atom stereocenters. The smallest absolute Gasteiger partial charge is 0.315 e. The molecular weight excluding hydrogens is 556 g/mol. The summed E-state index contributed by atoms with van der Waals surface area (Å²) in [6, 6.07) is 22.1. The van der Waals surface area contributed by atoms with Gasteiger partial charge in [-0.3, -0.25) is 0 Å². The van der Waals surface area contributed by atoms with Gasteiger partial charge in [0.05, 0.1) is 24.5 Å². The number of carbonyl (C=O) groups excluding carboxylic acids is 1. The zero-order valence-electron chi connectivity index (χ0n) is 23.4. The minimum Gasteiger partial charge on any atom is -0.508 e. The first-order chi connectivity index (χ1) is 20.4. The zero-order valence-corrected chi connectivity index (χ0v) is 24.2. The van der Waals surface area contributed by atoms with Gasteiger partial charge in [0.1, 0.15) is 5.75 Å². The summed E-state index contributed by atoms with van der Waals surface area (Å²) in [5.41, 5.74) is 4.39. The molecule has 42 heavy (non-hydrogen) atoms. The van der Waals surface area contributed by atoms with Crippen molar-refractivity contribution in [3.8, 4) is 11.4 Å². The van der Waals surface area contributed by atoms with Gasteiger partial charge >= 0.3 is 6.03 Å². The van der Waals surface area contributed by atoms with Gasteiger partial charge in [0.25, 0.3) is 0 Å². The summed E-state index contributed by atoms with van der Waals surface area (Å²) in [6.45, 7) is 4.92. The number of aromatic hydroxyl groups is 1. The Morgan fingerprint density at radius 3 is 2.33 bits per heavy atom. The quantitative estimate of drug-likeness (QED) is 0.199. The lowest BCUT2D eigenvalue weighted by molar-refractivity contribution is -0.268. The van der Waals surface area contributed by atoms with Gasteiger partial charge in [0, 0.05) is 30.3 Å². The minimum atomic E-state index is -0.618. The molecule has 12 heteroatoms. The van der Waals surface area contributed by atoms with Crippen LogP contribution >= 0.6 is 11.8 Å². The number of phenols is 1. The molecule has 1 aliphatic rings. The average Bonchev–Trinajstić information content (AvgIpc) is 3.49. The van der Waals surface area contributed by atoms with Gasteiger partial charge in [-0.1, -0.05) is 67.2 Å². The molecule has 0 radical (unpaired) electrons. The molecule has 3 aromatic carbocycles. The van der Waals surface area contributed by atoms with Crippen LogP contribution in [0.3, 0.4) is 0 Å². The van der Waals surface area contributed by atoms with Crippen LogP contribution < -0.4 is 10.6 Å². The molecule has 4 N–H and O–H groups in total. The number of phenolic OH excluding ortho intramolecular Hbond substituents is 1. The fraction of sp³-hybridized carbons (Fsp3) is 0.333. The molecule has 1 saturated heterocycles. The number of urea groups is 1. The highest BCUT2D eigenvalue weighted by molar-refractivity contribution is 7.99. The van der Waals surface area contributed by atoms with Crippen LogP contribution in [0.4, 0.5) is 4.79 Å². The van der Waals surface area contributed by atoms with Crippen molar-refractivity contribution in [2.45, 2.75) is 50.7 Å². The van der Waals surface area contributed by atoms with E-state index in [1.807, 2.05) is 55.5 Å². The van der Waals surface area contributed by atoms with Gasteiger partial charge in [-0.25, -0.2) is 4.79 Å². The van der Waals surface area contributed by atoms with Gasteiger partial charge in [-0.05, 0) is 58.3 Å². The van der Waals surface area contributed by atoms with Crippen LogP contribution in [0.5, 0.6) is 5.75 Å². The topological polar surface area (TPSA) is 144 Å². The first kappa shape index (κ1) is 29.5. The number of tetrazole rings is 1. The number of ether oxygens (including phenoxy) is 2. The van der Waals surface area contributed by atoms with Gasteiger partial charge in [0.15, 0.2) is 6.29 Å². The SMILES string of the molecule is CCNC(=O)NCc1ccc(C2OC(CSc3nnnn3-c3ccc(O)cc3)C(C)C(c3ccc(CO)cc3)O2)cc1. The molecule has 2 heterocycles. The highest BCUT2D eigenvalue weighted by Crippen LogP contribution is 2.43. The highest BCUT2D eigenvalue weighted by Gasteiger charge is 2.38. The number of hydrogen-bond acceptors (Lipinski definition) is 9. The standard InChI is InChI=1S/C30H34N6O5S/c1-3-31-29(39)32-16-20-4-10-23(11-5-20)28-40-26(19(2)27(41-28)22-8-6-21(17-37)7-9-22)18-42-30-33-34-35-36(30)24-12-14-25(38)15-13-24/h4-15,19,26-28,37-38H,3,16-18H2,1-2H3,(H2,31,32,39). The Balaban J connectivity index is 1.34. The molecule has 0 saturated carbocycles. The number of benzene rings is 3. The van der Waals surface area contributed by atoms with Crippen LogP contribution in [-0.4, -0.2) is 54.9 Å². The molecular formula is C30H34N6O5S. The maximum atomic E-state index is 11.8. The van der Waals surface area contributed by atoms with Crippen LogP contribution in [0.15, 0.2) is 78.0 Å². The Bertz CT molecular complexity index is 1450. The summed E-state index contributed by atoms with van der Waals surface area (Å²) in [4.78, 5) is 11.8. The van der Waals surface area contributed by atoms with Crippen molar-refractivity contribution in [2.24, 2.45) is 5.92 Å². The molecule has 1 aromatic heterocycles. The lowest BCUT2D eigenvalue weighted by atomic mass is 9.91. The number of aromatic nitrogens is 4. The Labute approximate surface area is 248 Å². The molecule has 2 amide bonds. The third-order valence-corrected chi connectivity index (χ3v) is 8.09. The molecule has 4 aromatic rings. The number of amides is 2. The molecule has 1 aliphatic heterocycles. The highest BCUT2D eigenvalue weighted by atomic mass is 32.2. The third kappa shape index (κ3) is 7.08. The monoisotopic (exact) mass is 590 g/mol. The maximum Gasteiger partial charge on any atom is 0.315 e. The first-order valence-electron chi connectivity index (χ1n) is 13.8. The number of carbonyl (C=O) groups is 1. The number of rotatable bonds is 10. The lowest BCUT2D eigenvalue weighted by Gasteiger charge is -2.41. The van der Waals surface area contributed by atoms with Crippen LogP contribution in [-0.2, 0) is 22.6 Å². The second-order valence-electron chi connectivity index (χ2n) is 9.98. The van der Waals surface area contributed by atoms with E-state index < -0.39 is 6.29 Å². The molecule has 0 bridgehead atoms. The van der Waals surface area contributed by atoms with E-state index in [0.29, 0.717) is 24.0 Å². The largest absolute Gasteiger partial charge is 0.508 e. The fourth-order valence-electron chi connectivity index (χ4n) is 4.69. The zero-order chi connectivity index (χ0) is 29.5. The summed E-state index contributed by atoms with van der Waals surface area (Å²) in [7, 11) is 0. The third-order valence-electron chi connectivity index (χ3n) is 7.08. The van der Waals surface area contributed by atoms with Crippen LogP contribution in [0, 0.1) is 5.92 Å². The minimum absolute atomic E-state index is 0.00715. The number of nitrogens with zero attached hydrogens (tertiary/aromatic N) is 4. The normalized spacial score (nSPS) is 20.3. The van der Waals surface area contributed by atoms with Crippen molar-refractivity contribution < 1.29 is 24.5 Å². The summed E-state index contributed by atoms with van der Waals surface area (Å²) < 4.78 is 14.7. The number of thioether (sulfide) groups is 1. The van der Waals surface area contributed by atoms with Gasteiger partial charge < -0.3 is 30.3 Å². The van der Waals surface area contributed by atoms with E-state index in [1.54, 1.807) is 28.9 Å². The predicted octanol–water partition coefficient (Wildman–Crippen LogP) is 4.26. The van der Waals surface area contributed by atoms with E-state index in [-0.39, 0.29) is 36.5 Å². The molecule has 4 unspecified atom stereocenters. The van der Waals surface area contributed by atoms with Crippen molar-refractivity contribution in [2.75, 3.05) is 12.3 Å². The summed E-state index contributed by atoms with van der Waals surface area (Å²) in [5, 5.41) is 37.5. The van der Waals surface area contributed by atoms with Crippen molar-refractivity contribution in [1.82, 2.24) is 30.8 Å². The fourth-order valence-corrected chi connectivity index (χ4v) is 5.74. The lowest BCUT2D eigenvalue weighted by Crippen LogP contribution is -2.38. The molecule has 0 aliphatic carbocycles. The molecule has 220 valence electrons. The number of aliphatic hydroxyl groups excluding tert-OH is 1. The Morgan fingerprint density at radius 2 is 1.64 bits per heavy atom. The van der Waals surface area contributed by atoms with Crippen molar-refractivity contribution >= 4 is 17.8 Å². The summed E-state index contributed by atoms with van der Waals surface area (Å²) >= 11 is 1.48. The number of aliphatic hydroxyl groups is 1. The molecule has 11 nitrogen and oxygen atoms in total. The van der Waals surface area contributed by atoms with E-state index in [9.17, 15) is 15.0 Å². The van der Waals surface area contributed by atoms with Crippen LogP contribution in [0.1, 0.15) is 48.5 Å². The summed E-state index contributed by atoms with van der Waals surface area (Å²) in [6.07, 6.45) is -1.08. The predicted molar refractivity (Wildman–Crippen MR) is 157 cm³/mol.